The first-order valence-corrected chi connectivity index (χ1v) is 10.1. The van der Waals surface area contributed by atoms with Crippen LogP contribution in [0, 0.1) is 0 Å². The molecule has 2 nitrogen and oxygen atoms in total. The molecule has 0 unspecified atom stereocenters. The van der Waals surface area contributed by atoms with Gasteiger partial charge >= 0.3 is 5.97 Å². The van der Waals surface area contributed by atoms with Gasteiger partial charge in [0.05, 0.1) is 13.0 Å². The number of unbranched alkanes of at least 4 members (excludes halogenated alkanes) is 1. The summed E-state index contributed by atoms with van der Waals surface area (Å²) >= 11 is 5.40. The van der Waals surface area contributed by atoms with E-state index in [1.807, 2.05) is 30.8 Å². The van der Waals surface area contributed by atoms with Crippen LogP contribution in [0.15, 0.2) is 57.9 Å². The number of carbonyl (C=O) groups is 1. The van der Waals surface area contributed by atoms with E-state index in [-0.39, 0.29) is 5.97 Å². The molecule has 0 saturated heterocycles. The Bertz CT molecular complexity index is 640. The quantitative estimate of drug-likeness (QED) is 0.304. The highest BCUT2D eigenvalue weighted by Crippen LogP contribution is 2.23. The minimum atomic E-state index is -0.158. The summed E-state index contributed by atoms with van der Waals surface area (Å²) in [6.07, 6.45) is 3.82. The third kappa shape index (κ3) is 7.10. The van der Waals surface area contributed by atoms with Gasteiger partial charge in [-0.25, -0.2) is 0 Å². The Morgan fingerprint density at radius 2 is 1.83 bits per heavy atom. The summed E-state index contributed by atoms with van der Waals surface area (Å²) in [7, 11) is 0. The number of thioether (sulfide) groups is 1. The number of hydrogen-bond donors (Lipinski definition) is 0. The van der Waals surface area contributed by atoms with Gasteiger partial charge in [-0.05, 0) is 61.3 Å². The summed E-state index contributed by atoms with van der Waals surface area (Å²) in [5.74, 6) is 0.979. The Hall–Kier alpha value is -1.26. The summed E-state index contributed by atoms with van der Waals surface area (Å²) in [5.41, 5.74) is 2.34. The smallest absolute Gasteiger partial charge is 0.310 e. The van der Waals surface area contributed by atoms with Crippen molar-refractivity contribution in [1.29, 1.82) is 0 Å². The molecule has 0 saturated carbocycles. The number of halogens is 1. The maximum atomic E-state index is 11.5. The van der Waals surface area contributed by atoms with Crippen LogP contribution in [0.3, 0.4) is 0 Å². The number of carbonyl (C=O) groups excluding carboxylic acids is 1. The van der Waals surface area contributed by atoms with Gasteiger partial charge < -0.3 is 4.74 Å². The van der Waals surface area contributed by atoms with Crippen molar-refractivity contribution >= 4 is 33.7 Å². The molecule has 2 aromatic carbocycles. The van der Waals surface area contributed by atoms with E-state index < -0.39 is 0 Å². The number of hydrogen-bond acceptors (Lipinski definition) is 3. The molecule has 0 aliphatic rings. The summed E-state index contributed by atoms with van der Waals surface area (Å²) in [4.78, 5) is 12.8. The van der Waals surface area contributed by atoms with Crippen LogP contribution in [-0.4, -0.2) is 18.3 Å². The molecule has 0 aliphatic heterocycles. The summed E-state index contributed by atoms with van der Waals surface area (Å²) < 4.78 is 6.10. The number of rotatable bonds is 9. The molecular formula is C20H23BrO2S. The molecule has 0 spiro atoms. The van der Waals surface area contributed by atoms with Crippen molar-refractivity contribution in [3.05, 3.63) is 64.1 Å². The van der Waals surface area contributed by atoms with Gasteiger partial charge in [0.2, 0.25) is 0 Å². The largest absolute Gasteiger partial charge is 0.466 e. The van der Waals surface area contributed by atoms with E-state index in [0.717, 1.165) is 22.2 Å². The Morgan fingerprint density at radius 1 is 1.08 bits per heavy atom. The molecule has 2 rings (SSSR count). The maximum Gasteiger partial charge on any atom is 0.310 e. The molecule has 0 N–H and O–H groups in total. The molecule has 4 heteroatoms. The fourth-order valence-corrected chi connectivity index (χ4v) is 3.90. The van der Waals surface area contributed by atoms with Crippen molar-refractivity contribution in [2.45, 2.75) is 37.5 Å². The third-order valence-corrected chi connectivity index (χ3v) is 5.17. The predicted molar refractivity (Wildman–Crippen MR) is 105 cm³/mol. The molecule has 0 amide bonds. The van der Waals surface area contributed by atoms with E-state index in [0.29, 0.717) is 13.0 Å². The van der Waals surface area contributed by atoms with Gasteiger partial charge in [0.15, 0.2) is 0 Å². The fraction of sp³-hybridized carbons (Fsp3) is 0.350. The minimum Gasteiger partial charge on any atom is -0.466 e. The van der Waals surface area contributed by atoms with Crippen LogP contribution < -0.4 is 0 Å². The van der Waals surface area contributed by atoms with Crippen molar-refractivity contribution in [2.24, 2.45) is 0 Å². The number of esters is 1. The zero-order valence-corrected chi connectivity index (χ0v) is 16.4. The van der Waals surface area contributed by atoms with Crippen molar-refractivity contribution in [1.82, 2.24) is 0 Å². The van der Waals surface area contributed by atoms with E-state index in [1.165, 1.54) is 23.3 Å². The van der Waals surface area contributed by atoms with Crippen LogP contribution in [0.4, 0.5) is 0 Å². The highest BCUT2D eigenvalue weighted by atomic mass is 79.9. The Labute approximate surface area is 157 Å². The van der Waals surface area contributed by atoms with E-state index in [4.69, 9.17) is 4.74 Å². The molecular weight excluding hydrogens is 384 g/mol. The molecule has 128 valence electrons. The summed E-state index contributed by atoms with van der Waals surface area (Å²) in [5, 5.41) is 0. The zero-order chi connectivity index (χ0) is 17.2. The Kier molecular flexibility index (Phi) is 8.40. The molecule has 0 aromatic heterocycles. The predicted octanol–water partition coefficient (Wildman–Crippen LogP) is 5.67. The lowest BCUT2D eigenvalue weighted by molar-refractivity contribution is -0.142. The second-order valence-corrected chi connectivity index (χ2v) is 7.65. The lowest BCUT2D eigenvalue weighted by Gasteiger charge is -2.05. The van der Waals surface area contributed by atoms with E-state index >= 15 is 0 Å². The number of aryl methyl sites for hydroxylation is 1. The second-order valence-electron chi connectivity index (χ2n) is 5.56. The molecule has 0 heterocycles. The molecule has 0 aliphatic carbocycles. The van der Waals surface area contributed by atoms with Crippen LogP contribution >= 0.6 is 27.7 Å². The van der Waals surface area contributed by atoms with Gasteiger partial charge in [0.1, 0.15) is 0 Å². The molecule has 0 atom stereocenters. The van der Waals surface area contributed by atoms with Gasteiger partial charge in [0.25, 0.3) is 0 Å². The summed E-state index contributed by atoms with van der Waals surface area (Å²) in [6, 6.07) is 16.7. The van der Waals surface area contributed by atoms with Gasteiger partial charge in [-0.3, -0.25) is 4.79 Å². The van der Waals surface area contributed by atoms with E-state index in [1.54, 1.807) is 0 Å². The third-order valence-electron chi connectivity index (χ3n) is 3.60. The van der Waals surface area contributed by atoms with Gasteiger partial charge in [-0.1, -0.05) is 46.3 Å². The Morgan fingerprint density at radius 3 is 2.54 bits per heavy atom. The monoisotopic (exact) mass is 406 g/mol. The highest BCUT2D eigenvalue weighted by Gasteiger charge is 2.03. The molecule has 24 heavy (non-hydrogen) atoms. The number of benzene rings is 2. The fourth-order valence-electron chi connectivity index (χ4n) is 2.38. The first-order chi connectivity index (χ1) is 11.7. The highest BCUT2D eigenvalue weighted by molar-refractivity contribution is 9.10. The van der Waals surface area contributed by atoms with Gasteiger partial charge in [-0.2, -0.15) is 0 Å². The standard InChI is InChI=1S/C20H23BrO2S/c1-2-23-20(22)14-17-11-9-16(10-12-17)6-3-4-13-24-19-8-5-7-18(21)15-19/h5,7-12,15H,2-4,6,13-14H2,1H3. The van der Waals surface area contributed by atoms with Crippen molar-refractivity contribution in [3.63, 3.8) is 0 Å². The first-order valence-electron chi connectivity index (χ1n) is 8.29. The van der Waals surface area contributed by atoms with Crippen LogP contribution in [0.1, 0.15) is 30.9 Å². The van der Waals surface area contributed by atoms with Gasteiger partial charge in [0, 0.05) is 9.37 Å². The maximum absolute atomic E-state index is 11.5. The normalized spacial score (nSPS) is 10.6. The van der Waals surface area contributed by atoms with E-state index in [2.05, 4.69) is 52.3 Å². The average Bonchev–Trinajstić information content (AvgIpc) is 2.56. The van der Waals surface area contributed by atoms with Crippen LogP contribution in [0.5, 0.6) is 0 Å². The lowest BCUT2D eigenvalue weighted by Crippen LogP contribution is -2.07. The zero-order valence-electron chi connectivity index (χ0n) is 14.0. The average molecular weight is 407 g/mol. The van der Waals surface area contributed by atoms with Crippen molar-refractivity contribution < 1.29 is 9.53 Å². The molecule has 0 bridgehead atoms. The second kappa shape index (κ2) is 10.6. The van der Waals surface area contributed by atoms with Crippen LogP contribution in [0.25, 0.3) is 0 Å². The molecule has 0 radical (unpaired) electrons. The number of ether oxygens (including phenoxy) is 1. The van der Waals surface area contributed by atoms with Crippen molar-refractivity contribution in [3.8, 4) is 0 Å². The minimum absolute atomic E-state index is 0.158. The van der Waals surface area contributed by atoms with Gasteiger partial charge in [-0.15, -0.1) is 11.8 Å². The first kappa shape index (κ1) is 19.1. The van der Waals surface area contributed by atoms with Crippen molar-refractivity contribution in [2.75, 3.05) is 12.4 Å². The van der Waals surface area contributed by atoms with Crippen LogP contribution in [0.2, 0.25) is 0 Å². The Balaban J connectivity index is 1.66. The lowest BCUT2D eigenvalue weighted by atomic mass is 10.1. The summed E-state index contributed by atoms with van der Waals surface area (Å²) in [6.45, 7) is 2.27. The molecule has 0 fully saturated rings. The SMILES string of the molecule is CCOC(=O)Cc1ccc(CCCCSc2cccc(Br)c2)cc1. The van der Waals surface area contributed by atoms with E-state index in [9.17, 15) is 4.79 Å². The topological polar surface area (TPSA) is 26.3 Å². The molecule has 2 aromatic rings. The van der Waals surface area contributed by atoms with Crippen LogP contribution in [-0.2, 0) is 22.4 Å².